The Kier molecular flexibility index (Phi) is 5.88. The van der Waals surface area contributed by atoms with Gasteiger partial charge < -0.3 is 14.9 Å². The third-order valence-corrected chi connectivity index (χ3v) is 3.92. The highest BCUT2D eigenvalue weighted by Gasteiger charge is 2.29. The van der Waals surface area contributed by atoms with Crippen molar-refractivity contribution in [2.24, 2.45) is 0 Å². The van der Waals surface area contributed by atoms with Gasteiger partial charge in [0.15, 0.2) is 0 Å². The van der Waals surface area contributed by atoms with E-state index in [0.29, 0.717) is 18.9 Å². The number of aromatic nitrogens is 2. The van der Waals surface area contributed by atoms with Crippen LogP contribution in [0.4, 0.5) is 17.3 Å². The fourth-order valence-electron chi connectivity index (χ4n) is 2.80. The lowest BCUT2D eigenvalue weighted by molar-refractivity contribution is -0.383. The number of rotatable bonds is 6. The molecule has 0 aromatic carbocycles. The lowest BCUT2D eigenvalue weighted by atomic mass is 10.2. The predicted molar refractivity (Wildman–Crippen MR) is 84.3 cm³/mol. The molecule has 2 rings (SSSR count). The fourth-order valence-corrected chi connectivity index (χ4v) is 2.80. The Morgan fingerprint density at radius 2 is 2.00 bits per heavy atom. The second kappa shape index (κ2) is 7.88. The van der Waals surface area contributed by atoms with Crippen molar-refractivity contribution in [2.75, 3.05) is 42.6 Å². The highest BCUT2D eigenvalue weighted by molar-refractivity contribution is 5.71. The molecule has 1 aromatic rings. The molecule has 0 unspecified atom stereocenters. The largest absolute Gasteiger partial charge is 0.395 e. The van der Waals surface area contributed by atoms with E-state index in [-0.39, 0.29) is 18.1 Å². The van der Waals surface area contributed by atoms with Crippen LogP contribution in [0.15, 0.2) is 6.33 Å². The molecule has 1 aliphatic rings. The molecule has 0 aliphatic carbocycles. The molecule has 0 bridgehead atoms. The molecule has 1 N–H and O–H groups in total. The van der Waals surface area contributed by atoms with Crippen molar-refractivity contribution in [3.8, 4) is 0 Å². The van der Waals surface area contributed by atoms with Gasteiger partial charge in [-0.3, -0.25) is 10.1 Å². The normalized spacial score (nSPS) is 15.5. The number of likely N-dealkylation sites (N-methyl/N-ethyl adjacent to an activating group) is 1. The van der Waals surface area contributed by atoms with E-state index in [4.69, 9.17) is 5.11 Å². The molecule has 1 aromatic heterocycles. The first-order chi connectivity index (χ1) is 10.7. The van der Waals surface area contributed by atoms with Crippen LogP contribution in [-0.4, -0.2) is 52.8 Å². The summed E-state index contributed by atoms with van der Waals surface area (Å²) >= 11 is 0. The summed E-state index contributed by atoms with van der Waals surface area (Å²) in [7, 11) is 0. The van der Waals surface area contributed by atoms with E-state index in [1.165, 1.54) is 6.33 Å². The van der Waals surface area contributed by atoms with Gasteiger partial charge in [-0.2, -0.15) is 0 Å². The van der Waals surface area contributed by atoms with Crippen molar-refractivity contribution < 1.29 is 10.0 Å². The molecule has 8 nitrogen and oxygen atoms in total. The molecule has 0 radical (unpaired) electrons. The second-order valence-corrected chi connectivity index (χ2v) is 5.33. The van der Waals surface area contributed by atoms with Gasteiger partial charge in [0.05, 0.1) is 11.5 Å². The molecule has 2 heterocycles. The maximum absolute atomic E-state index is 11.6. The molecule has 1 aliphatic heterocycles. The minimum atomic E-state index is -0.407. The molecule has 1 fully saturated rings. The van der Waals surface area contributed by atoms with Crippen molar-refractivity contribution >= 4 is 17.3 Å². The molecule has 0 atom stereocenters. The van der Waals surface area contributed by atoms with Crippen molar-refractivity contribution in [3.63, 3.8) is 0 Å². The van der Waals surface area contributed by atoms with E-state index in [2.05, 4.69) is 9.97 Å². The summed E-state index contributed by atoms with van der Waals surface area (Å²) in [4.78, 5) is 23.2. The molecule has 0 spiro atoms. The van der Waals surface area contributed by atoms with Gasteiger partial charge >= 0.3 is 5.69 Å². The maximum Gasteiger partial charge on any atom is 0.353 e. The molecule has 0 saturated carbocycles. The summed E-state index contributed by atoms with van der Waals surface area (Å²) in [5, 5.41) is 20.8. The van der Waals surface area contributed by atoms with Crippen molar-refractivity contribution in [3.05, 3.63) is 16.4 Å². The van der Waals surface area contributed by atoms with Crippen molar-refractivity contribution in [2.45, 2.75) is 32.6 Å². The van der Waals surface area contributed by atoms with Crippen LogP contribution in [0.2, 0.25) is 0 Å². The number of nitro groups is 1. The number of hydrogen-bond donors (Lipinski definition) is 1. The standard InChI is InChI=1S/C14H23N5O3/c1-2-17(9-10-20)13-12(19(21)22)14(16-11-15-13)18-7-5-3-4-6-8-18/h11,20H,2-10H2,1H3. The smallest absolute Gasteiger partial charge is 0.353 e. The molecule has 8 heteroatoms. The zero-order valence-corrected chi connectivity index (χ0v) is 12.9. The van der Waals surface area contributed by atoms with Gasteiger partial charge in [-0.15, -0.1) is 0 Å². The van der Waals surface area contributed by atoms with E-state index in [1.807, 2.05) is 11.8 Å². The third-order valence-electron chi connectivity index (χ3n) is 3.92. The van der Waals surface area contributed by atoms with E-state index in [1.54, 1.807) is 4.90 Å². The molecular weight excluding hydrogens is 286 g/mol. The van der Waals surface area contributed by atoms with Crippen LogP contribution in [0.5, 0.6) is 0 Å². The number of hydrogen-bond acceptors (Lipinski definition) is 7. The lowest BCUT2D eigenvalue weighted by Gasteiger charge is -2.24. The van der Waals surface area contributed by atoms with Crippen LogP contribution in [0.25, 0.3) is 0 Å². The summed E-state index contributed by atoms with van der Waals surface area (Å²) in [6.45, 7) is 4.22. The first-order valence-electron chi connectivity index (χ1n) is 7.79. The summed E-state index contributed by atoms with van der Waals surface area (Å²) in [6.07, 6.45) is 5.71. The highest BCUT2D eigenvalue weighted by Crippen LogP contribution is 2.34. The SMILES string of the molecule is CCN(CCO)c1ncnc(N2CCCCCC2)c1[N+](=O)[O-]. The summed E-state index contributed by atoms with van der Waals surface area (Å²) in [6, 6.07) is 0. The Bertz CT molecular complexity index is 503. The average Bonchev–Trinajstić information content (AvgIpc) is 2.81. The Balaban J connectivity index is 2.42. The first kappa shape index (κ1) is 16.4. The predicted octanol–water partition coefficient (Wildman–Crippen LogP) is 1.58. The van der Waals surface area contributed by atoms with Gasteiger partial charge in [0.2, 0.25) is 11.6 Å². The first-order valence-corrected chi connectivity index (χ1v) is 7.79. The van der Waals surface area contributed by atoms with Gasteiger partial charge in [-0.1, -0.05) is 12.8 Å². The van der Waals surface area contributed by atoms with Crippen molar-refractivity contribution in [1.82, 2.24) is 9.97 Å². The molecule has 22 heavy (non-hydrogen) atoms. The van der Waals surface area contributed by atoms with Gasteiger partial charge in [0.25, 0.3) is 0 Å². The molecule has 0 amide bonds. The average molecular weight is 309 g/mol. The third kappa shape index (κ3) is 3.62. The molecule has 122 valence electrons. The number of nitrogens with zero attached hydrogens (tertiary/aromatic N) is 5. The molecular formula is C14H23N5O3. The number of anilines is 2. The van der Waals surface area contributed by atoms with Gasteiger partial charge in [0.1, 0.15) is 6.33 Å². The Hall–Kier alpha value is -1.96. The van der Waals surface area contributed by atoms with Gasteiger partial charge in [-0.25, -0.2) is 9.97 Å². The van der Waals surface area contributed by atoms with E-state index in [9.17, 15) is 10.1 Å². The van der Waals surface area contributed by atoms with Crippen LogP contribution in [0.1, 0.15) is 32.6 Å². The number of aliphatic hydroxyl groups excluding tert-OH is 1. The second-order valence-electron chi connectivity index (χ2n) is 5.33. The van der Waals surface area contributed by atoms with Gasteiger partial charge in [0, 0.05) is 26.2 Å². The zero-order valence-electron chi connectivity index (χ0n) is 12.9. The Morgan fingerprint density at radius 1 is 1.32 bits per heavy atom. The maximum atomic E-state index is 11.6. The van der Waals surface area contributed by atoms with E-state index < -0.39 is 4.92 Å². The van der Waals surface area contributed by atoms with Crippen LogP contribution >= 0.6 is 0 Å². The van der Waals surface area contributed by atoms with Crippen LogP contribution < -0.4 is 9.80 Å². The Morgan fingerprint density at radius 3 is 2.55 bits per heavy atom. The Labute approximate surface area is 129 Å². The van der Waals surface area contributed by atoms with E-state index >= 15 is 0 Å². The minimum absolute atomic E-state index is 0.0558. The topological polar surface area (TPSA) is 95.6 Å². The summed E-state index contributed by atoms with van der Waals surface area (Å²) in [5.41, 5.74) is -0.0558. The lowest BCUT2D eigenvalue weighted by Crippen LogP contribution is -2.30. The zero-order chi connectivity index (χ0) is 15.9. The van der Waals surface area contributed by atoms with Crippen LogP contribution in [0.3, 0.4) is 0 Å². The fraction of sp³-hybridized carbons (Fsp3) is 0.714. The van der Waals surface area contributed by atoms with Crippen LogP contribution in [-0.2, 0) is 0 Å². The summed E-state index contributed by atoms with van der Waals surface area (Å²) in [5.74, 6) is 0.684. The quantitative estimate of drug-likeness (QED) is 0.629. The van der Waals surface area contributed by atoms with Crippen LogP contribution in [0, 0.1) is 10.1 Å². The van der Waals surface area contributed by atoms with Crippen molar-refractivity contribution in [1.29, 1.82) is 0 Å². The minimum Gasteiger partial charge on any atom is -0.395 e. The monoisotopic (exact) mass is 309 g/mol. The van der Waals surface area contributed by atoms with E-state index in [0.717, 1.165) is 38.8 Å². The number of aliphatic hydroxyl groups is 1. The summed E-state index contributed by atoms with van der Waals surface area (Å²) < 4.78 is 0. The highest BCUT2D eigenvalue weighted by atomic mass is 16.6. The molecule has 1 saturated heterocycles. The van der Waals surface area contributed by atoms with Gasteiger partial charge in [-0.05, 0) is 19.8 Å².